The zero-order chi connectivity index (χ0) is 20.2. The molecule has 0 aliphatic heterocycles. The van der Waals surface area contributed by atoms with Crippen LogP contribution < -0.4 is 5.32 Å². The summed E-state index contributed by atoms with van der Waals surface area (Å²) in [5.41, 5.74) is 3.69. The van der Waals surface area contributed by atoms with Gasteiger partial charge in [0.25, 0.3) is 0 Å². The van der Waals surface area contributed by atoms with Gasteiger partial charge in [0.05, 0.1) is 5.75 Å². The first-order valence-corrected chi connectivity index (χ1v) is 12.1. The van der Waals surface area contributed by atoms with Crippen LogP contribution in [0.3, 0.4) is 0 Å². The molecule has 1 amide bonds. The number of halogens is 1. The molecular formula is C21H23ClN4OS2. The van der Waals surface area contributed by atoms with Crippen LogP contribution in [-0.2, 0) is 30.7 Å². The van der Waals surface area contributed by atoms with Gasteiger partial charge in [0.15, 0.2) is 11.0 Å². The first-order valence-electron chi connectivity index (χ1n) is 9.82. The molecule has 0 bridgehead atoms. The first kappa shape index (κ1) is 20.4. The van der Waals surface area contributed by atoms with E-state index in [9.17, 15) is 4.79 Å². The molecule has 0 spiro atoms. The number of thiophene rings is 1. The van der Waals surface area contributed by atoms with Crippen molar-refractivity contribution in [3.63, 3.8) is 0 Å². The van der Waals surface area contributed by atoms with Gasteiger partial charge >= 0.3 is 0 Å². The third-order valence-corrected chi connectivity index (χ3v) is 7.38. The molecule has 0 saturated carbocycles. The number of aryl methyl sites for hydroxylation is 1. The lowest BCUT2D eigenvalue weighted by molar-refractivity contribution is -0.118. The van der Waals surface area contributed by atoms with E-state index in [1.807, 2.05) is 35.6 Å². The van der Waals surface area contributed by atoms with E-state index in [1.54, 1.807) is 0 Å². The van der Waals surface area contributed by atoms with Gasteiger partial charge in [0, 0.05) is 33.9 Å². The molecule has 0 atom stereocenters. The minimum Gasteiger partial charge on any atom is -0.351 e. The van der Waals surface area contributed by atoms with Gasteiger partial charge in [-0.15, -0.1) is 21.5 Å². The van der Waals surface area contributed by atoms with E-state index in [4.69, 9.17) is 11.6 Å². The molecule has 1 aliphatic carbocycles. The van der Waals surface area contributed by atoms with Gasteiger partial charge in [-0.1, -0.05) is 35.5 Å². The maximum atomic E-state index is 12.3. The Hall–Kier alpha value is -1.83. The van der Waals surface area contributed by atoms with E-state index in [1.165, 1.54) is 47.0 Å². The molecule has 2 aromatic heterocycles. The molecule has 1 aliphatic rings. The van der Waals surface area contributed by atoms with Crippen molar-refractivity contribution in [2.75, 3.05) is 5.75 Å². The number of carbonyl (C=O) groups is 1. The number of thioether (sulfide) groups is 1. The Morgan fingerprint density at radius 2 is 2.03 bits per heavy atom. The third-order valence-electron chi connectivity index (χ3n) is 5.07. The molecule has 8 heteroatoms. The van der Waals surface area contributed by atoms with E-state index in [-0.39, 0.29) is 5.91 Å². The normalized spacial score (nSPS) is 13.3. The van der Waals surface area contributed by atoms with Crippen molar-refractivity contribution >= 4 is 40.6 Å². The monoisotopic (exact) mass is 446 g/mol. The van der Waals surface area contributed by atoms with E-state index >= 15 is 0 Å². The summed E-state index contributed by atoms with van der Waals surface area (Å²) < 4.78 is 2.12. The lowest BCUT2D eigenvalue weighted by Gasteiger charge is -2.13. The Morgan fingerprint density at radius 1 is 1.24 bits per heavy atom. The number of hydrogen-bond donors (Lipinski definition) is 1. The van der Waals surface area contributed by atoms with Crippen molar-refractivity contribution in [2.45, 2.75) is 50.9 Å². The summed E-state index contributed by atoms with van der Waals surface area (Å²) in [5.74, 6) is 1.22. The first-order chi connectivity index (χ1) is 14.2. The average molecular weight is 447 g/mol. The fourth-order valence-electron chi connectivity index (χ4n) is 3.55. The van der Waals surface area contributed by atoms with E-state index in [2.05, 4.69) is 32.4 Å². The summed E-state index contributed by atoms with van der Waals surface area (Å²) >= 11 is 9.16. The summed E-state index contributed by atoms with van der Waals surface area (Å²) in [4.78, 5) is 13.8. The smallest absolute Gasteiger partial charge is 0.230 e. The number of aromatic nitrogens is 3. The van der Waals surface area contributed by atoms with Crippen LogP contribution in [0.15, 0.2) is 34.8 Å². The summed E-state index contributed by atoms with van der Waals surface area (Å²) in [6.07, 6.45) is 4.82. The van der Waals surface area contributed by atoms with E-state index < -0.39 is 0 Å². The SMILES string of the molecule is CCn1c(SCC(=O)NCc2ccc(Cl)cc2)nnc1-c1csc2c1CCCC2. The Bertz CT molecular complexity index is 997. The number of amides is 1. The Morgan fingerprint density at radius 3 is 2.83 bits per heavy atom. The molecule has 4 rings (SSSR count). The molecule has 5 nitrogen and oxygen atoms in total. The van der Waals surface area contributed by atoms with Crippen molar-refractivity contribution in [3.05, 3.63) is 50.7 Å². The van der Waals surface area contributed by atoms with E-state index in [0.29, 0.717) is 17.3 Å². The van der Waals surface area contributed by atoms with Crippen LogP contribution in [0, 0.1) is 0 Å². The quantitative estimate of drug-likeness (QED) is 0.520. The second kappa shape index (κ2) is 9.32. The Labute approximate surface area is 183 Å². The molecule has 2 heterocycles. The van der Waals surface area contributed by atoms with Crippen LogP contribution >= 0.6 is 34.7 Å². The predicted octanol–water partition coefficient (Wildman–Crippen LogP) is 4.97. The molecule has 0 saturated heterocycles. The highest BCUT2D eigenvalue weighted by atomic mass is 35.5. The summed E-state index contributed by atoms with van der Waals surface area (Å²) in [6.45, 7) is 3.36. The third kappa shape index (κ3) is 4.68. The van der Waals surface area contributed by atoms with Crippen molar-refractivity contribution in [3.8, 4) is 11.4 Å². The minimum atomic E-state index is -0.0231. The molecule has 0 unspecified atom stereocenters. The maximum absolute atomic E-state index is 12.3. The van der Waals surface area contributed by atoms with Crippen LogP contribution in [-0.4, -0.2) is 26.4 Å². The average Bonchev–Trinajstić information content (AvgIpc) is 3.35. The van der Waals surface area contributed by atoms with Crippen LogP contribution in [0.5, 0.6) is 0 Å². The van der Waals surface area contributed by atoms with Crippen LogP contribution in [0.1, 0.15) is 35.8 Å². The minimum absolute atomic E-state index is 0.0231. The molecule has 152 valence electrons. The second-order valence-corrected chi connectivity index (χ2v) is 9.34. The number of fused-ring (bicyclic) bond motifs is 1. The molecule has 3 aromatic rings. The van der Waals surface area contributed by atoms with Gasteiger partial charge in [0.1, 0.15) is 0 Å². The van der Waals surface area contributed by atoms with Crippen molar-refractivity contribution in [1.82, 2.24) is 20.1 Å². The van der Waals surface area contributed by atoms with Crippen molar-refractivity contribution < 1.29 is 4.79 Å². The second-order valence-electron chi connectivity index (χ2n) is 7.00. The van der Waals surface area contributed by atoms with Crippen LogP contribution in [0.2, 0.25) is 5.02 Å². The number of nitrogens with zero attached hydrogens (tertiary/aromatic N) is 3. The fraction of sp³-hybridized carbons (Fsp3) is 0.381. The van der Waals surface area contributed by atoms with Gasteiger partial charge in [-0.25, -0.2) is 0 Å². The van der Waals surface area contributed by atoms with Crippen molar-refractivity contribution in [2.24, 2.45) is 0 Å². The summed E-state index contributed by atoms with van der Waals surface area (Å²) in [5, 5.41) is 15.5. The lowest BCUT2D eigenvalue weighted by Crippen LogP contribution is -2.24. The molecule has 1 N–H and O–H groups in total. The largest absolute Gasteiger partial charge is 0.351 e. The zero-order valence-electron chi connectivity index (χ0n) is 16.3. The number of benzene rings is 1. The molecule has 0 radical (unpaired) electrons. The zero-order valence-corrected chi connectivity index (χ0v) is 18.7. The molecule has 29 heavy (non-hydrogen) atoms. The molecular weight excluding hydrogens is 424 g/mol. The lowest BCUT2D eigenvalue weighted by atomic mass is 9.96. The van der Waals surface area contributed by atoms with Gasteiger partial charge in [0.2, 0.25) is 5.91 Å². The predicted molar refractivity (Wildman–Crippen MR) is 120 cm³/mol. The Kier molecular flexibility index (Phi) is 6.57. The van der Waals surface area contributed by atoms with Gasteiger partial charge < -0.3 is 9.88 Å². The van der Waals surface area contributed by atoms with Gasteiger partial charge in [-0.05, 0) is 55.9 Å². The summed E-state index contributed by atoms with van der Waals surface area (Å²) in [6, 6.07) is 7.48. The summed E-state index contributed by atoms with van der Waals surface area (Å²) in [7, 11) is 0. The topological polar surface area (TPSA) is 59.8 Å². The molecule has 0 fully saturated rings. The fourth-order valence-corrected chi connectivity index (χ4v) is 5.63. The number of carbonyl (C=O) groups excluding carboxylic acids is 1. The Balaban J connectivity index is 1.40. The highest BCUT2D eigenvalue weighted by Crippen LogP contribution is 2.36. The van der Waals surface area contributed by atoms with Crippen LogP contribution in [0.25, 0.3) is 11.4 Å². The van der Waals surface area contributed by atoms with Crippen LogP contribution in [0.4, 0.5) is 0 Å². The maximum Gasteiger partial charge on any atom is 0.230 e. The molecule has 1 aromatic carbocycles. The van der Waals surface area contributed by atoms with Gasteiger partial charge in [-0.3, -0.25) is 4.79 Å². The van der Waals surface area contributed by atoms with Crippen molar-refractivity contribution in [1.29, 1.82) is 0 Å². The number of nitrogens with one attached hydrogen (secondary N) is 1. The highest BCUT2D eigenvalue weighted by Gasteiger charge is 2.22. The number of rotatable bonds is 7. The van der Waals surface area contributed by atoms with E-state index in [0.717, 1.165) is 29.5 Å². The number of hydrogen-bond acceptors (Lipinski definition) is 5. The van der Waals surface area contributed by atoms with Gasteiger partial charge in [-0.2, -0.15) is 0 Å². The standard InChI is InChI=1S/C21H23ClN4OS2/c1-2-26-20(17-12-28-18-6-4-3-5-16(17)18)24-25-21(26)29-13-19(27)23-11-14-7-9-15(22)10-8-14/h7-10,12H,2-6,11,13H2,1H3,(H,23,27). The highest BCUT2D eigenvalue weighted by molar-refractivity contribution is 7.99.